The molecule has 1 heterocycles. The molecule has 0 radical (unpaired) electrons. The van der Waals surface area contributed by atoms with Crippen molar-refractivity contribution < 1.29 is 39.0 Å². The second kappa shape index (κ2) is 8.79. The highest BCUT2D eigenvalue weighted by molar-refractivity contribution is 7.90. The third-order valence-corrected chi connectivity index (χ3v) is 8.32. The van der Waals surface area contributed by atoms with Gasteiger partial charge in [-0.3, -0.25) is 4.79 Å². The van der Waals surface area contributed by atoms with E-state index in [0.717, 1.165) is 17.2 Å². The van der Waals surface area contributed by atoms with Gasteiger partial charge < -0.3 is 4.18 Å². The van der Waals surface area contributed by atoms with E-state index in [1.807, 2.05) is 0 Å². The molecule has 1 aliphatic heterocycles. The molecule has 0 bridgehead atoms. The van der Waals surface area contributed by atoms with Gasteiger partial charge in [0.05, 0.1) is 16.0 Å². The molecule has 4 rings (SSSR count). The van der Waals surface area contributed by atoms with E-state index in [0.29, 0.717) is 18.4 Å². The number of carbonyl (C=O) groups is 1. The number of rotatable bonds is 5. The summed E-state index contributed by atoms with van der Waals surface area (Å²) in [6.07, 6.45) is -4.34. The SMILES string of the molecule is Cc1ccc(S(=O)(=O)O/C=C2\c3cc(C(F)(F)F)ccc3C(=O)N2S(=O)(=O)c2ccc(C)cc2)cc1. The minimum absolute atomic E-state index is 0.243. The summed E-state index contributed by atoms with van der Waals surface area (Å²) in [7, 11) is -9.14. The number of sulfonamides is 1. The fourth-order valence-corrected chi connectivity index (χ4v) is 5.69. The van der Waals surface area contributed by atoms with Crippen LogP contribution in [0.1, 0.15) is 32.6 Å². The minimum Gasteiger partial charge on any atom is -0.385 e. The molecule has 1 amide bonds. The second-order valence-corrected chi connectivity index (χ2v) is 11.4. The van der Waals surface area contributed by atoms with Gasteiger partial charge in [-0.1, -0.05) is 35.4 Å². The summed E-state index contributed by atoms with van der Waals surface area (Å²) in [4.78, 5) is 12.5. The summed E-state index contributed by atoms with van der Waals surface area (Å²) in [5, 5.41) is 0. The fourth-order valence-electron chi connectivity index (χ4n) is 3.48. The van der Waals surface area contributed by atoms with Gasteiger partial charge in [0.25, 0.3) is 15.9 Å². The average Bonchev–Trinajstić information content (AvgIpc) is 3.09. The van der Waals surface area contributed by atoms with Crippen LogP contribution in [0.3, 0.4) is 0 Å². The number of nitrogens with zero attached hydrogens (tertiary/aromatic N) is 1. The molecule has 0 aromatic heterocycles. The first kappa shape index (κ1) is 25.5. The first-order valence-electron chi connectivity index (χ1n) is 10.3. The van der Waals surface area contributed by atoms with Crippen LogP contribution in [-0.2, 0) is 30.5 Å². The predicted molar refractivity (Wildman–Crippen MR) is 123 cm³/mol. The Balaban J connectivity index is 1.87. The smallest absolute Gasteiger partial charge is 0.385 e. The predicted octanol–water partition coefficient (Wildman–Crippen LogP) is 4.87. The van der Waals surface area contributed by atoms with E-state index in [2.05, 4.69) is 0 Å². The van der Waals surface area contributed by atoms with E-state index in [1.54, 1.807) is 13.8 Å². The van der Waals surface area contributed by atoms with Crippen LogP contribution < -0.4 is 0 Å². The number of fused-ring (bicyclic) bond motifs is 1. The van der Waals surface area contributed by atoms with Crippen molar-refractivity contribution in [2.75, 3.05) is 0 Å². The Hall–Kier alpha value is -3.64. The highest BCUT2D eigenvalue weighted by atomic mass is 32.2. The molecule has 1 aliphatic rings. The van der Waals surface area contributed by atoms with Gasteiger partial charge in [-0.2, -0.15) is 25.9 Å². The molecule has 12 heteroatoms. The molecule has 0 N–H and O–H groups in total. The molecule has 0 spiro atoms. The standard InChI is InChI=1S/C24H18F3NO6S2/c1-15-3-8-18(9-4-15)35(30,31)28-22(14-34-36(32,33)19-10-5-16(2)6-11-19)21-13-17(24(25,26)27)7-12-20(21)23(28)29/h3-14H,1-2H3/b22-14+. The lowest BCUT2D eigenvalue weighted by Crippen LogP contribution is -2.31. The van der Waals surface area contributed by atoms with E-state index in [9.17, 15) is 34.8 Å². The van der Waals surface area contributed by atoms with Crippen LogP contribution in [-0.4, -0.2) is 27.0 Å². The zero-order valence-corrected chi connectivity index (χ0v) is 20.4. The molecule has 3 aromatic carbocycles. The summed E-state index contributed by atoms with van der Waals surface area (Å²) in [5.74, 6) is -1.15. The zero-order valence-electron chi connectivity index (χ0n) is 18.8. The number of carbonyl (C=O) groups excluding carboxylic acids is 1. The Morgan fingerprint density at radius 3 is 1.83 bits per heavy atom. The lowest BCUT2D eigenvalue weighted by Gasteiger charge is -2.18. The maximum atomic E-state index is 13.4. The minimum atomic E-state index is -4.80. The summed E-state index contributed by atoms with van der Waals surface area (Å²) in [5.41, 5.74) is -1.14. The van der Waals surface area contributed by atoms with E-state index in [-0.39, 0.29) is 19.7 Å². The number of benzene rings is 3. The average molecular weight is 538 g/mol. The van der Waals surface area contributed by atoms with Crippen molar-refractivity contribution in [3.8, 4) is 0 Å². The third-order valence-electron chi connectivity index (χ3n) is 5.41. The Morgan fingerprint density at radius 2 is 1.31 bits per heavy atom. The highest BCUT2D eigenvalue weighted by Gasteiger charge is 2.43. The van der Waals surface area contributed by atoms with E-state index in [1.165, 1.54) is 48.5 Å². The van der Waals surface area contributed by atoms with E-state index >= 15 is 0 Å². The number of aryl methyl sites for hydroxylation is 2. The molecule has 0 unspecified atom stereocenters. The fraction of sp³-hybridized carbons (Fsp3) is 0.125. The maximum Gasteiger partial charge on any atom is 0.416 e. The molecule has 188 valence electrons. The van der Waals surface area contributed by atoms with Crippen LogP contribution in [0.15, 0.2) is 82.8 Å². The van der Waals surface area contributed by atoms with Crippen LogP contribution >= 0.6 is 0 Å². The topological polar surface area (TPSA) is 97.8 Å². The van der Waals surface area contributed by atoms with Gasteiger partial charge >= 0.3 is 16.3 Å². The van der Waals surface area contributed by atoms with Gasteiger partial charge in [-0.25, -0.2) is 8.42 Å². The van der Waals surface area contributed by atoms with E-state index in [4.69, 9.17) is 4.18 Å². The first-order chi connectivity index (χ1) is 16.7. The van der Waals surface area contributed by atoms with Crippen LogP contribution in [0, 0.1) is 13.8 Å². The van der Waals surface area contributed by atoms with Crippen molar-refractivity contribution in [3.05, 3.63) is 101 Å². The molecule has 0 saturated carbocycles. The molecular weight excluding hydrogens is 519 g/mol. The van der Waals surface area contributed by atoms with Gasteiger partial charge in [0.2, 0.25) is 0 Å². The number of halogens is 3. The van der Waals surface area contributed by atoms with Gasteiger partial charge in [0.15, 0.2) is 0 Å². The van der Waals surface area contributed by atoms with Gasteiger partial charge in [0.1, 0.15) is 16.9 Å². The Morgan fingerprint density at radius 1 is 0.778 bits per heavy atom. The summed E-state index contributed by atoms with van der Waals surface area (Å²) >= 11 is 0. The Bertz CT molecular complexity index is 1590. The molecule has 0 aliphatic carbocycles. The second-order valence-electron chi connectivity index (χ2n) is 8.01. The molecule has 3 aromatic rings. The summed E-state index contributed by atoms with van der Waals surface area (Å²) in [6, 6.07) is 13.0. The Labute approximate surface area is 205 Å². The summed E-state index contributed by atoms with van der Waals surface area (Å²) < 4.78 is 97.4. The zero-order chi connectivity index (χ0) is 26.5. The summed E-state index contributed by atoms with van der Waals surface area (Å²) in [6.45, 7) is 3.44. The molecule has 36 heavy (non-hydrogen) atoms. The third kappa shape index (κ3) is 4.61. The maximum absolute atomic E-state index is 13.4. The molecular formula is C24H18F3NO6S2. The van der Waals surface area contributed by atoms with Gasteiger partial charge in [0, 0.05) is 5.56 Å². The van der Waals surface area contributed by atoms with Crippen molar-refractivity contribution >= 4 is 31.7 Å². The van der Waals surface area contributed by atoms with Crippen LogP contribution in [0.4, 0.5) is 13.2 Å². The number of hydrogen-bond acceptors (Lipinski definition) is 6. The molecule has 0 saturated heterocycles. The van der Waals surface area contributed by atoms with Crippen molar-refractivity contribution in [3.63, 3.8) is 0 Å². The lowest BCUT2D eigenvalue weighted by molar-refractivity contribution is -0.137. The van der Waals surface area contributed by atoms with Crippen molar-refractivity contribution in [1.29, 1.82) is 0 Å². The largest absolute Gasteiger partial charge is 0.416 e. The highest BCUT2D eigenvalue weighted by Crippen LogP contribution is 2.41. The van der Waals surface area contributed by atoms with E-state index < -0.39 is 49.0 Å². The van der Waals surface area contributed by atoms with Gasteiger partial charge in [-0.15, -0.1) is 0 Å². The molecule has 7 nitrogen and oxygen atoms in total. The molecule has 0 fully saturated rings. The van der Waals surface area contributed by atoms with Crippen LogP contribution in [0.5, 0.6) is 0 Å². The number of alkyl halides is 3. The number of hydrogen-bond donors (Lipinski definition) is 0. The Kier molecular flexibility index (Phi) is 6.21. The lowest BCUT2D eigenvalue weighted by atomic mass is 10.0. The van der Waals surface area contributed by atoms with Gasteiger partial charge in [-0.05, 0) is 56.3 Å². The van der Waals surface area contributed by atoms with Crippen molar-refractivity contribution in [2.24, 2.45) is 0 Å². The number of amides is 1. The first-order valence-corrected chi connectivity index (χ1v) is 13.1. The van der Waals surface area contributed by atoms with Crippen molar-refractivity contribution in [1.82, 2.24) is 4.31 Å². The van der Waals surface area contributed by atoms with Crippen LogP contribution in [0.25, 0.3) is 5.70 Å². The van der Waals surface area contributed by atoms with Crippen molar-refractivity contribution in [2.45, 2.75) is 29.8 Å². The molecule has 0 atom stereocenters. The monoisotopic (exact) mass is 537 g/mol. The normalized spacial score (nSPS) is 15.3. The quantitative estimate of drug-likeness (QED) is 0.340. The van der Waals surface area contributed by atoms with Crippen LogP contribution in [0.2, 0.25) is 0 Å².